The van der Waals surface area contributed by atoms with Crippen molar-refractivity contribution in [1.82, 2.24) is 10.6 Å². The average Bonchev–Trinajstić information content (AvgIpc) is 2.68. The summed E-state index contributed by atoms with van der Waals surface area (Å²) in [6.07, 6.45) is 4.29. The molecule has 0 unspecified atom stereocenters. The number of hydrogen-bond donors (Lipinski definition) is 4. The van der Waals surface area contributed by atoms with Crippen molar-refractivity contribution in [3.63, 3.8) is 0 Å². The van der Waals surface area contributed by atoms with Gasteiger partial charge in [-0.25, -0.2) is 4.79 Å². The van der Waals surface area contributed by atoms with Crippen molar-refractivity contribution >= 4 is 17.8 Å². The van der Waals surface area contributed by atoms with E-state index in [1.807, 2.05) is 44.2 Å². The van der Waals surface area contributed by atoms with Crippen LogP contribution in [0.2, 0.25) is 0 Å². The van der Waals surface area contributed by atoms with E-state index in [9.17, 15) is 19.5 Å². The summed E-state index contributed by atoms with van der Waals surface area (Å²) in [5.74, 6) is -1.96. The second-order valence-corrected chi connectivity index (χ2v) is 7.04. The molecule has 0 aliphatic heterocycles. The largest absolute Gasteiger partial charge is 0.480 e. The van der Waals surface area contributed by atoms with Gasteiger partial charge in [0, 0.05) is 0 Å². The van der Waals surface area contributed by atoms with Crippen molar-refractivity contribution in [2.45, 2.75) is 76.9 Å². The molecular formula is C21H33N3O4. The number of carbonyl (C=O) groups excluding carboxylic acids is 2. The maximum absolute atomic E-state index is 12.6. The normalized spacial score (nSPS) is 14.0. The Kier molecular flexibility index (Phi) is 10.9. The van der Waals surface area contributed by atoms with Crippen LogP contribution in [-0.2, 0) is 20.8 Å². The molecule has 2 amide bonds. The average molecular weight is 392 g/mol. The minimum atomic E-state index is -1.07. The topological polar surface area (TPSA) is 122 Å². The fourth-order valence-corrected chi connectivity index (χ4v) is 2.85. The molecule has 0 aliphatic carbocycles. The van der Waals surface area contributed by atoms with Gasteiger partial charge in [-0.05, 0) is 24.8 Å². The summed E-state index contributed by atoms with van der Waals surface area (Å²) in [4.78, 5) is 36.5. The molecule has 0 heterocycles. The van der Waals surface area contributed by atoms with Gasteiger partial charge in [-0.15, -0.1) is 0 Å². The van der Waals surface area contributed by atoms with Crippen LogP contribution in [-0.4, -0.2) is 41.0 Å². The van der Waals surface area contributed by atoms with Gasteiger partial charge in [-0.2, -0.15) is 0 Å². The summed E-state index contributed by atoms with van der Waals surface area (Å²) in [5, 5.41) is 14.6. The van der Waals surface area contributed by atoms with Crippen LogP contribution in [0.5, 0.6) is 0 Å². The van der Waals surface area contributed by atoms with Crippen LogP contribution in [0.15, 0.2) is 30.3 Å². The molecule has 0 fully saturated rings. The third-order valence-electron chi connectivity index (χ3n) is 4.58. The van der Waals surface area contributed by atoms with E-state index in [0.29, 0.717) is 25.7 Å². The van der Waals surface area contributed by atoms with E-state index in [1.165, 1.54) is 0 Å². The number of carbonyl (C=O) groups is 3. The van der Waals surface area contributed by atoms with E-state index in [1.54, 1.807) is 0 Å². The molecule has 5 N–H and O–H groups in total. The fraction of sp³-hybridized carbons (Fsp3) is 0.571. The Bertz CT molecular complexity index is 621. The van der Waals surface area contributed by atoms with E-state index in [4.69, 9.17) is 5.73 Å². The lowest BCUT2D eigenvalue weighted by atomic mass is 10.0. The van der Waals surface area contributed by atoms with Crippen molar-refractivity contribution in [1.29, 1.82) is 0 Å². The Morgan fingerprint density at radius 1 is 0.929 bits per heavy atom. The van der Waals surface area contributed by atoms with Crippen molar-refractivity contribution in [2.24, 2.45) is 5.73 Å². The molecule has 1 aromatic carbocycles. The lowest BCUT2D eigenvalue weighted by molar-refractivity contribution is -0.142. The number of nitrogens with two attached hydrogens (primary N) is 1. The SMILES string of the molecule is CCCC[C@H](NC(=O)[C@H](CCCC)NC(=O)[C@@H](N)Cc1ccccc1)C(=O)O. The Morgan fingerprint density at radius 2 is 1.46 bits per heavy atom. The quantitative estimate of drug-likeness (QED) is 0.410. The second kappa shape index (κ2) is 12.9. The van der Waals surface area contributed by atoms with E-state index in [-0.39, 0.29) is 0 Å². The highest BCUT2D eigenvalue weighted by Gasteiger charge is 2.27. The zero-order valence-corrected chi connectivity index (χ0v) is 16.8. The first-order chi connectivity index (χ1) is 13.4. The molecule has 0 aliphatic rings. The highest BCUT2D eigenvalue weighted by molar-refractivity contribution is 5.91. The summed E-state index contributed by atoms with van der Waals surface area (Å²) in [6, 6.07) is 6.88. The highest BCUT2D eigenvalue weighted by Crippen LogP contribution is 2.07. The molecule has 0 saturated heterocycles. The van der Waals surface area contributed by atoms with Crippen LogP contribution in [0.4, 0.5) is 0 Å². The standard InChI is InChI=1S/C21H33N3O4/c1-3-5-12-17(20(26)24-18(21(27)28)13-6-4-2)23-19(25)16(22)14-15-10-8-7-9-11-15/h7-11,16-18H,3-6,12-14,22H2,1-2H3,(H,23,25)(H,24,26)(H,27,28)/t16-,17-,18-/m0/s1. The molecule has 7 nitrogen and oxygen atoms in total. The Morgan fingerprint density at radius 3 is 2.00 bits per heavy atom. The van der Waals surface area contributed by atoms with Gasteiger partial charge in [0.15, 0.2) is 0 Å². The van der Waals surface area contributed by atoms with E-state index in [0.717, 1.165) is 24.8 Å². The number of carboxylic acids is 1. The molecular weight excluding hydrogens is 358 g/mol. The zero-order chi connectivity index (χ0) is 20.9. The van der Waals surface area contributed by atoms with Gasteiger partial charge in [-0.3, -0.25) is 9.59 Å². The van der Waals surface area contributed by atoms with Gasteiger partial charge < -0.3 is 21.5 Å². The number of carboxylic acid groups (broad SMARTS) is 1. The molecule has 1 rings (SSSR count). The third-order valence-corrected chi connectivity index (χ3v) is 4.58. The van der Waals surface area contributed by atoms with Crippen LogP contribution >= 0.6 is 0 Å². The summed E-state index contributed by atoms with van der Waals surface area (Å²) in [5.41, 5.74) is 6.94. The van der Waals surface area contributed by atoms with Crippen molar-refractivity contribution in [3.05, 3.63) is 35.9 Å². The molecule has 28 heavy (non-hydrogen) atoms. The maximum atomic E-state index is 12.6. The molecule has 0 bridgehead atoms. The predicted octanol–water partition coefficient (Wildman–Crippen LogP) is 1.99. The van der Waals surface area contributed by atoms with Gasteiger partial charge in [0.1, 0.15) is 12.1 Å². The van der Waals surface area contributed by atoms with Crippen LogP contribution < -0.4 is 16.4 Å². The van der Waals surface area contributed by atoms with Crippen LogP contribution in [0, 0.1) is 0 Å². The summed E-state index contributed by atoms with van der Waals surface area (Å²) in [7, 11) is 0. The number of nitrogens with one attached hydrogen (secondary N) is 2. The minimum Gasteiger partial charge on any atom is -0.480 e. The lowest BCUT2D eigenvalue weighted by Crippen LogP contribution is -2.54. The van der Waals surface area contributed by atoms with Gasteiger partial charge in [0.2, 0.25) is 11.8 Å². The van der Waals surface area contributed by atoms with Crippen LogP contribution in [0.1, 0.15) is 57.9 Å². The third kappa shape index (κ3) is 8.52. The van der Waals surface area contributed by atoms with Crippen molar-refractivity contribution in [2.75, 3.05) is 0 Å². The summed E-state index contributed by atoms with van der Waals surface area (Å²) >= 11 is 0. The van der Waals surface area contributed by atoms with Gasteiger partial charge in [-0.1, -0.05) is 69.9 Å². The summed E-state index contributed by atoms with van der Waals surface area (Å²) in [6.45, 7) is 3.94. The summed E-state index contributed by atoms with van der Waals surface area (Å²) < 4.78 is 0. The first-order valence-electron chi connectivity index (χ1n) is 10.0. The zero-order valence-electron chi connectivity index (χ0n) is 16.8. The number of unbranched alkanes of at least 4 members (excludes halogenated alkanes) is 2. The highest BCUT2D eigenvalue weighted by atomic mass is 16.4. The number of aliphatic carboxylic acids is 1. The van der Waals surface area contributed by atoms with Crippen LogP contribution in [0.25, 0.3) is 0 Å². The van der Waals surface area contributed by atoms with Gasteiger partial charge >= 0.3 is 5.97 Å². The van der Waals surface area contributed by atoms with Crippen molar-refractivity contribution in [3.8, 4) is 0 Å². The Hall–Kier alpha value is -2.41. The molecule has 156 valence electrons. The minimum absolute atomic E-state index is 0.361. The predicted molar refractivity (Wildman–Crippen MR) is 109 cm³/mol. The first-order valence-corrected chi connectivity index (χ1v) is 10.0. The Labute approximate surface area is 167 Å². The molecule has 1 aromatic rings. The van der Waals surface area contributed by atoms with Gasteiger partial charge in [0.05, 0.1) is 6.04 Å². The van der Waals surface area contributed by atoms with E-state index in [2.05, 4.69) is 10.6 Å². The van der Waals surface area contributed by atoms with Crippen LogP contribution in [0.3, 0.4) is 0 Å². The molecule has 0 radical (unpaired) electrons. The number of hydrogen-bond acceptors (Lipinski definition) is 4. The number of benzene rings is 1. The Balaban J connectivity index is 2.72. The molecule has 7 heteroatoms. The van der Waals surface area contributed by atoms with E-state index >= 15 is 0 Å². The van der Waals surface area contributed by atoms with E-state index < -0.39 is 35.9 Å². The maximum Gasteiger partial charge on any atom is 0.326 e. The first kappa shape index (κ1) is 23.6. The molecule has 0 saturated carbocycles. The monoisotopic (exact) mass is 391 g/mol. The number of amides is 2. The molecule has 0 aromatic heterocycles. The second-order valence-electron chi connectivity index (χ2n) is 7.04. The molecule has 0 spiro atoms. The molecule has 3 atom stereocenters. The number of rotatable bonds is 13. The smallest absolute Gasteiger partial charge is 0.326 e. The lowest BCUT2D eigenvalue weighted by Gasteiger charge is -2.23. The van der Waals surface area contributed by atoms with Gasteiger partial charge in [0.25, 0.3) is 0 Å². The van der Waals surface area contributed by atoms with Crippen molar-refractivity contribution < 1.29 is 19.5 Å². The fourth-order valence-electron chi connectivity index (χ4n) is 2.85.